The van der Waals surface area contributed by atoms with E-state index in [0.717, 1.165) is 30.2 Å². The molecule has 0 saturated heterocycles. The van der Waals surface area contributed by atoms with Crippen molar-refractivity contribution in [3.05, 3.63) is 41.2 Å². The SMILES string of the molecule is O=C(O)CSc1nnc(C2Cc3ccccc32)n1C1CC1. The van der Waals surface area contributed by atoms with Crippen molar-refractivity contribution in [1.29, 1.82) is 0 Å². The van der Waals surface area contributed by atoms with Crippen LogP contribution in [0.15, 0.2) is 29.4 Å². The molecule has 1 fully saturated rings. The maximum absolute atomic E-state index is 10.8. The van der Waals surface area contributed by atoms with Gasteiger partial charge < -0.3 is 9.67 Å². The van der Waals surface area contributed by atoms with Crippen molar-refractivity contribution in [3.63, 3.8) is 0 Å². The number of aromatic nitrogens is 3. The molecule has 108 valence electrons. The van der Waals surface area contributed by atoms with Gasteiger partial charge in [-0.1, -0.05) is 36.0 Å². The highest BCUT2D eigenvalue weighted by Crippen LogP contribution is 2.45. The quantitative estimate of drug-likeness (QED) is 0.859. The minimum absolute atomic E-state index is 0.0338. The van der Waals surface area contributed by atoms with Gasteiger partial charge in [0.15, 0.2) is 5.16 Å². The summed E-state index contributed by atoms with van der Waals surface area (Å²) in [4.78, 5) is 10.8. The summed E-state index contributed by atoms with van der Waals surface area (Å²) in [6.07, 6.45) is 3.28. The minimum Gasteiger partial charge on any atom is -0.481 e. The van der Waals surface area contributed by atoms with Crippen molar-refractivity contribution >= 4 is 17.7 Å². The van der Waals surface area contributed by atoms with Crippen LogP contribution in [-0.4, -0.2) is 31.6 Å². The minimum atomic E-state index is -0.819. The molecule has 2 aliphatic rings. The number of aliphatic carboxylic acids is 1. The lowest BCUT2D eigenvalue weighted by molar-refractivity contribution is -0.133. The fraction of sp³-hybridized carbons (Fsp3) is 0.400. The average Bonchev–Trinajstić information content (AvgIpc) is 3.19. The number of nitrogens with zero attached hydrogens (tertiary/aromatic N) is 3. The van der Waals surface area contributed by atoms with E-state index >= 15 is 0 Å². The largest absolute Gasteiger partial charge is 0.481 e. The summed E-state index contributed by atoms with van der Waals surface area (Å²) >= 11 is 1.27. The van der Waals surface area contributed by atoms with Crippen molar-refractivity contribution < 1.29 is 9.90 Å². The highest BCUT2D eigenvalue weighted by molar-refractivity contribution is 7.99. The normalized spacial score (nSPS) is 19.9. The molecular formula is C15H15N3O2S. The van der Waals surface area contributed by atoms with Gasteiger partial charge in [0.1, 0.15) is 5.82 Å². The van der Waals surface area contributed by atoms with Crippen molar-refractivity contribution in [1.82, 2.24) is 14.8 Å². The number of hydrogen-bond acceptors (Lipinski definition) is 4. The smallest absolute Gasteiger partial charge is 0.313 e. The molecule has 1 atom stereocenters. The van der Waals surface area contributed by atoms with Crippen LogP contribution in [0.4, 0.5) is 0 Å². The fourth-order valence-electron chi connectivity index (χ4n) is 2.92. The molecule has 4 rings (SSSR count). The van der Waals surface area contributed by atoms with E-state index in [1.54, 1.807) is 0 Å². The Morgan fingerprint density at radius 1 is 1.33 bits per heavy atom. The molecule has 0 radical (unpaired) electrons. The van der Waals surface area contributed by atoms with Crippen molar-refractivity contribution in [3.8, 4) is 0 Å². The van der Waals surface area contributed by atoms with Crippen LogP contribution in [0.1, 0.15) is 41.8 Å². The van der Waals surface area contributed by atoms with Crippen molar-refractivity contribution in [2.24, 2.45) is 0 Å². The van der Waals surface area contributed by atoms with Gasteiger partial charge in [-0.2, -0.15) is 0 Å². The molecule has 0 bridgehead atoms. The topological polar surface area (TPSA) is 68.0 Å². The molecule has 1 heterocycles. The zero-order valence-corrected chi connectivity index (χ0v) is 12.2. The van der Waals surface area contributed by atoms with Gasteiger partial charge in [-0.3, -0.25) is 4.79 Å². The number of carbonyl (C=O) groups is 1. The molecular weight excluding hydrogens is 286 g/mol. The van der Waals surface area contributed by atoms with Gasteiger partial charge in [0.25, 0.3) is 0 Å². The van der Waals surface area contributed by atoms with E-state index in [9.17, 15) is 4.79 Å². The van der Waals surface area contributed by atoms with Crippen LogP contribution in [0.25, 0.3) is 0 Å². The molecule has 1 unspecified atom stereocenters. The second kappa shape index (κ2) is 4.87. The first-order valence-electron chi connectivity index (χ1n) is 7.11. The van der Waals surface area contributed by atoms with E-state index in [1.807, 2.05) is 0 Å². The second-order valence-corrected chi connectivity index (χ2v) is 6.52. The maximum Gasteiger partial charge on any atom is 0.313 e. The molecule has 1 saturated carbocycles. The Labute approximate surface area is 126 Å². The van der Waals surface area contributed by atoms with Gasteiger partial charge >= 0.3 is 5.97 Å². The number of thioether (sulfide) groups is 1. The van der Waals surface area contributed by atoms with Crippen LogP contribution >= 0.6 is 11.8 Å². The Kier molecular flexibility index (Phi) is 2.99. The molecule has 2 aromatic rings. The standard InChI is InChI=1S/C15H15N3O2S/c19-13(20)8-21-15-17-16-14(18(15)10-5-6-10)12-7-9-3-1-2-4-11(9)12/h1-4,10,12H,5-8H2,(H,19,20). The van der Waals surface area contributed by atoms with E-state index in [1.165, 1.54) is 22.9 Å². The first kappa shape index (κ1) is 12.9. The van der Waals surface area contributed by atoms with Crippen LogP contribution in [0, 0.1) is 0 Å². The Morgan fingerprint density at radius 3 is 2.86 bits per heavy atom. The molecule has 1 aromatic heterocycles. The lowest BCUT2D eigenvalue weighted by atomic mass is 9.77. The molecule has 0 aliphatic heterocycles. The van der Waals surface area contributed by atoms with Gasteiger partial charge in [-0.15, -0.1) is 10.2 Å². The summed E-state index contributed by atoms with van der Waals surface area (Å²) in [6, 6.07) is 8.89. The number of hydrogen-bond donors (Lipinski definition) is 1. The third-order valence-electron chi connectivity index (χ3n) is 4.09. The lowest BCUT2D eigenvalue weighted by Gasteiger charge is -2.29. The first-order chi connectivity index (χ1) is 10.2. The van der Waals surface area contributed by atoms with Crippen LogP contribution in [0.2, 0.25) is 0 Å². The molecule has 1 N–H and O–H groups in total. The van der Waals surface area contributed by atoms with Crippen molar-refractivity contribution in [2.45, 2.75) is 36.4 Å². The second-order valence-electron chi connectivity index (χ2n) is 5.58. The predicted molar refractivity (Wildman–Crippen MR) is 78.6 cm³/mol. The lowest BCUT2D eigenvalue weighted by Crippen LogP contribution is -2.22. The monoisotopic (exact) mass is 301 g/mol. The summed E-state index contributed by atoms with van der Waals surface area (Å²) in [5.74, 6) is 0.532. The molecule has 6 heteroatoms. The summed E-state index contributed by atoms with van der Waals surface area (Å²) in [5, 5.41) is 18.2. The molecule has 0 amide bonds. The summed E-state index contributed by atoms with van der Waals surface area (Å²) < 4.78 is 2.17. The van der Waals surface area contributed by atoms with Gasteiger partial charge in [0.2, 0.25) is 0 Å². The van der Waals surface area contributed by atoms with E-state index in [4.69, 9.17) is 5.11 Å². The zero-order chi connectivity index (χ0) is 14.4. The highest BCUT2D eigenvalue weighted by atomic mass is 32.2. The average molecular weight is 301 g/mol. The van der Waals surface area contributed by atoms with Crippen LogP contribution in [0.5, 0.6) is 0 Å². The van der Waals surface area contributed by atoms with E-state index < -0.39 is 5.97 Å². The molecule has 1 aromatic carbocycles. The highest BCUT2D eigenvalue weighted by Gasteiger charge is 2.37. The first-order valence-corrected chi connectivity index (χ1v) is 8.10. The summed E-state index contributed by atoms with van der Waals surface area (Å²) in [7, 11) is 0. The molecule has 2 aliphatic carbocycles. The third kappa shape index (κ3) is 2.23. The van der Waals surface area contributed by atoms with Crippen LogP contribution < -0.4 is 0 Å². The van der Waals surface area contributed by atoms with Crippen LogP contribution in [0.3, 0.4) is 0 Å². The molecule has 21 heavy (non-hydrogen) atoms. The van der Waals surface area contributed by atoms with Gasteiger partial charge in [0.05, 0.1) is 5.75 Å². The molecule has 5 nitrogen and oxygen atoms in total. The third-order valence-corrected chi connectivity index (χ3v) is 5.02. The Morgan fingerprint density at radius 2 is 2.14 bits per heavy atom. The zero-order valence-electron chi connectivity index (χ0n) is 11.4. The number of carboxylic acid groups (broad SMARTS) is 1. The Hall–Kier alpha value is -1.82. The fourth-order valence-corrected chi connectivity index (χ4v) is 3.65. The van der Waals surface area contributed by atoms with Crippen molar-refractivity contribution in [2.75, 3.05) is 5.75 Å². The number of benzene rings is 1. The predicted octanol–water partition coefficient (Wildman–Crippen LogP) is 2.48. The van der Waals surface area contributed by atoms with E-state index in [-0.39, 0.29) is 5.75 Å². The van der Waals surface area contributed by atoms with Gasteiger partial charge in [-0.25, -0.2) is 0 Å². The Bertz CT molecular complexity index is 709. The molecule has 0 spiro atoms. The maximum atomic E-state index is 10.8. The summed E-state index contributed by atoms with van der Waals surface area (Å²) in [6.45, 7) is 0. The number of carboxylic acids is 1. The summed E-state index contributed by atoms with van der Waals surface area (Å²) in [5.41, 5.74) is 2.72. The van der Waals surface area contributed by atoms with E-state index in [0.29, 0.717) is 12.0 Å². The van der Waals surface area contributed by atoms with Crippen LogP contribution in [-0.2, 0) is 11.2 Å². The van der Waals surface area contributed by atoms with Gasteiger partial charge in [0, 0.05) is 12.0 Å². The van der Waals surface area contributed by atoms with Gasteiger partial charge in [-0.05, 0) is 30.4 Å². The Balaban J connectivity index is 1.66. The number of fused-ring (bicyclic) bond motifs is 1. The number of rotatable bonds is 5. The van der Waals surface area contributed by atoms with E-state index in [2.05, 4.69) is 39.0 Å².